The van der Waals surface area contributed by atoms with Crippen LogP contribution < -0.4 is 37.2 Å². The minimum absolute atomic E-state index is 0.00261. The van der Waals surface area contributed by atoms with Gasteiger partial charge in [-0.1, -0.05) is 98.1 Å². The van der Waals surface area contributed by atoms with E-state index in [9.17, 15) is 58.8 Å². The molecule has 8 atom stereocenters. The van der Waals surface area contributed by atoms with Gasteiger partial charge in [0.05, 0.1) is 37.8 Å². The van der Waals surface area contributed by atoms with Crippen molar-refractivity contribution in [2.75, 3.05) is 19.8 Å². The number of cyclic esters (lactones) is 1. The van der Waals surface area contributed by atoms with Crippen molar-refractivity contribution in [2.45, 2.75) is 148 Å². The first-order valence-electron chi connectivity index (χ1n) is 23.0. The number of rotatable bonds is 25. The molecular formula is C47H73N7O13. The standard InChI is InChI=1S/C47H73N7O13/c1-8-9-10-11-12-13-14-15-37(59)49-35(25-56)43(62)54-42(29(6)7)46(65)51-34(24-55)36(58)23-39(61)53-40(27(2)3)44(63)48-31-18-21-38(60)52-41(28(4)5)45(64)50-33(47(66)67-26-31)22-30-16-19-32(57)20-17-30/h13-14,16-21,27-29,31,33-36,40-42,55-58H,8-12,15,22-26H2,1-7H3,(H,48,63)(H,49,59)(H,50,64)(H,51,65)(H,52,60)(H,53,61)(H,54,62)/b14-13-,21-18+/t31-,33+,34+,35+,36+,40+,41+,42+/m1/s1. The number of phenolic OH excluding ortho intramolecular Hbond substituents is 1. The minimum atomic E-state index is -1.69. The molecule has 0 aromatic heterocycles. The molecule has 0 saturated heterocycles. The fourth-order valence-corrected chi connectivity index (χ4v) is 6.82. The van der Waals surface area contributed by atoms with Crippen molar-refractivity contribution in [2.24, 2.45) is 17.8 Å². The maximum Gasteiger partial charge on any atom is 0.329 e. The Balaban J connectivity index is 2.11. The van der Waals surface area contributed by atoms with Crippen LogP contribution in [-0.4, -0.2) is 136 Å². The van der Waals surface area contributed by atoms with E-state index in [0.29, 0.717) is 5.56 Å². The fraction of sp³-hybridized carbons (Fsp3) is 0.617. The van der Waals surface area contributed by atoms with E-state index in [1.807, 2.05) is 6.08 Å². The van der Waals surface area contributed by atoms with Crippen LogP contribution >= 0.6 is 0 Å². The number of hydrogen-bond acceptors (Lipinski definition) is 13. The predicted molar refractivity (Wildman–Crippen MR) is 247 cm³/mol. The van der Waals surface area contributed by atoms with Crippen molar-refractivity contribution >= 4 is 47.3 Å². The van der Waals surface area contributed by atoms with Gasteiger partial charge in [0, 0.05) is 18.9 Å². The minimum Gasteiger partial charge on any atom is -0.508 e. The number of allylic oxidation sites excluding steroid dienone is 1. The highest BCUT2D eigenvalue weighted by Gasteiger charge is 2.34. The fourth-order valence-electron chi connectivity index (χ4n) is 6.82. The van der Waals surface area contributed by atoms with Gasteiger partial charge in [0.1, 0.15) is 42.6 Å². The van der Waals surface area contributed by atoms with Gasteiger partial charge < -0.3 is 62.4 Å². The highest BCUT2D eigenvalue weighted by Crippen LogP contribution is 2.14. The number of nitrogens with one attached hydrogen (secondary N) is 7. The second-order valence-corrected chi connectivity index (χ2v) is 17.7. The van der Waals surface area contributed by atoms with Crippen LogP contribution in [-0.2, 0) is 49.5 Å². The molecule has 1 aromatic carbocycles. The van der Waals surface area contributed by atoms with Crippen LogP contribution in [0.1, 0.15) is 99.0 Å². The van der Waals surface area contributed by atoms with E-state index in [1.54, 1.807) is 59.8 Å². The Labute approximate surface area is 392 Å². The second-order valence-electron chi connectivity index (χ2n) is 17.7. The number of ether oxygens (including phenoxy) is 1. The molecule has 0 unspecified atom stereocenters. The molecule has 0 radical (unpaired) electrons. The second kappa shape index (κ2) is 29.7. The van der Waals surface area contributed by atoms with E-state index in [4.69, 9.17) is 4.74 Å². The van der Waals surface area contributed by atoms with Crippen molar-refractivity contribution in [3.05, 3.63) is 54.1 Å². The maximum absolute atomic E-state index is 13.7. The molecule has 11 N–H and O–H groups in total. The summed E-state index contributed by atoms with van der Waals surface area (Å²) in [5.74, 6) is -7.40. The molecule has 20 heteroatoms. The summed E-state index contributed by atoms with van der Waals surface area (Å²) in [5.41, 5.74) is 0.585. The first-order valence-corrected chi connectivity index (χ1v) is 23.0. The van der Waals surface area contributed by atoms with Crippen molar-refractivity contribution in [3.63, 3.8) is 0 Å². The van der Waals surface area contributed by atoms with Gasteiger partial charge in [0.15, 0.2) is 0 Å². The number of aromatic hydroxyl groups is 1. The Morgan fingerprint density at radius 3 is 2.04 bits per heavy atom. The topological polar surface area (TPSA) is 311 Å². The smallest absolute Gasteiger partial charge is 0.329 e. The quantitative estimate of drug-likeness (QED) is 0.0352. The highest BCUT2D eigenvalue weighted by atomic mass is 16.5. The molecule has 0 fully saturated rings. The van der Waals surface area contributed by atoms with E-state index in [1.165, 1.54) is 18.2 Å². The van der Waals surface area contributed by atoms with Crippen LogP contribution in [0.25, 0.3) is 0 Å². The number of aliphatic hydroxyl groups excluding tert-OH is 3. The molecule has 374 valence electrons. The summed E-state index contributed by atoms with van der Waals surface area (Å²) in [4.78, 5) is 106. The molecule has 7 amide bonds. The number of unbranched alkanes of at least 4 members (excludes halogenated alkanes) is 4. The third kappa shape index (κ3) is 20.7. The summed E-state index contributed by atoms with van der Waals surface area (Å²) in [7, 11) is 0. The number of esters is 1. The lowest BCUT2D eigenvalue weighted by molar-refractivity contribution is -0.149. The average Bonchev–Trinajstić information content (AvgIpc) is 3.27. The van der Waals surface area contributed by atoms with E-state index < -0.39 is 140 Å². The lowest BCUT2D eigenvalue weighted by Crippen LogP contribution is -2.59. The van der Waals surface area contributed by atoms with Crippen molar-refractivity contribution in [1.29, 1.82) is 0 Å². The molecular weight excluding hydrogens is 871 g/mol. The SMILES string of the molecule is CCCCCC/C=C\CC(=O)N[C@@H](CO)C(=O)N[C@H](C(=O)N[C@@H](CO)[C@@H](O)CC(=O)N[C@H](C(=O)N[C@@H]1/C=C/C(=O)N[C@@H](C(C)C)C(=O)N[C@@H](Cc2ccc(O)cc2)C(=O)OC1)C(C)C)C(C)C. The molecule has 0 saturated carbocycles. The monoisotopic (exact) mass is 944 g/mol. The van der Waals surface area contributed by atoms with Crippen LogP contribution in [0, 0.1) is 17.8 Å². The third-order valence-electron chi connectivity index (χ3n) is 10.9. The van der Waals surface area contributed by atoms with Crippen molar-refractivity contribution < 1.29 is 63.5 Å². The van der Waals surface area contributed by atoms with E-state index in [-0.39, 0.29) is 18.6 Å². The lowest BCUT2D eigenvalue weighted by Gasteiger charge is -2.29. The van der Waals surface area contributed by atoms with E-state index in [2.05, 4.69) is 44.1 Å². The van der Waals surface area contributed by atoms with Crippen molar-refractivity contribution in [3.8, 4) is 5.75 Å². The van der Waals surface area contributed by atoms with Gasteiger partial charge in [-0.15, -0.1) is 0 Å². The van der Waals surface area contributed by atoms with Crippen LogP contribution in [0.2, 0.25) is 0 Å². The van der Waals surface area contributed by atoms with Gasteiger partial charge in [0.25, 0.3) is 0 Å². The number of phenols is 1. The van der Waals surface area contributed by atoms with Crippen LogP contribution in [0.3, 0.4) is 0 Å². The van der Waals surface area contributed by atoms with E-state index in [0.717, 1.165) is 38.2 Å². The van der Waals surface area contributed by atoms with Gasteiger partial charge >= 0.3 is 5.97 Å². The molecule has 20 nitrogen and oxygen atoms in total. The first kappa shape index (κ1) is 57.3. The number of carbonyl (C=O) groups is 8. The molecule has 0 spiro atoms. The summed E-state index contributed by atoms with van der Waals surface area (Å²) < 4.78 is 5.54. The molecule has 1 aliphatic rings. The largest absolute Gasteiger partial charge is 0.508 e. The zero-order chi connectivity index (χ0) is 50.2. The summed E-state index contributed by atoms with van der Waals surface area (Å²) in [6.07, 6.45) is 8.62. The number of carbonyl (C=O) groups excluding carboxylic acids is 8. The third-order valence-corrected chi connectivity index (χ3v) is 10.9. The molecule has 1 aliphatic heterocycles. The molecule has 1 aromatic rings. The van der Waals surface area contributed by atoms with E-state index >= 15 is 0 Å². The maximum atomic E-state index is 13.7. The van der Waals surface area contributed by atoms with Gasteiger partial charge in [-0.3, -0.25) is 33.6 Å². The number of aliphatic hydroxyl groups is 3. The number of amides is 7. The van der Waals surface area contributed by atoms with Gasteiger partial charge in [-0.25, -0.2) is 4.79 Å². The summed E-state index contributed by atoms with van der Waals surface area (Å²) >= 11 is 0. The van der Waals surface area contributed by atoms with Crippen LogP contribution in [0.5, 0.6) is 5.75 Å². The Kier molecular flexibility index (Phi) is 25.4. The number of benzene rings is 1. The summed E-state index contributed by atoms with van der Waals surface area (Å²) in [6, 6.07) is -2.65. The van der Waals surface area contributed by atoms with Crippen molar-refractivity contribution in [1.82, 2.24) is 37.2 Å². The first-order chi connectivity index (χ1) is 31.7. The van der Waals surface area contributed by atoms with Gasteiger partial charge in [-0.2, -0.15) is 0 Å². The Hall–Kier alpha value is -5.86. The summed E-state index contributed by atoms with van der Waals surface area (Å²) in [5, 5.41) is 58.6. The average molecular weight is 944 g/mol. The van der Waals surface area contributed by atoms with Gasteiger partial charge in [0.2, 0.25) is 41.4 Å². The molecule has 2 rings (SSSR count). The molecule has 1 heterocycles. The highest BCUT2D eigenvalue weighted by molar-refractivity contribution is 5.95. The molecule has 0 bridgehead atoms. The zero-order valence-corrected chi connectivity index (χ0v) is 39.7. The number of hydrogen-bond donors (Lipinski definition) is 11. The van der Waals surface area contributed by atoms with Crippen LogP contribution in [0.15, 0.2) is 48.6 Å². The van der Waals surface area contributed by atoms with Gasteiger partial charge in [-0.05, 0) is 48.3 Å². The summed E-state index contributed by atoms with van der Waals surface area (Å²) in [6.45, 7) is 9.96. The predicted octanol–water partition coefficient (Wildman–Crippen LogP) is 0.0616. The lowest BCUT2D eigenvalue weighted by atomic mass is 10.00. The Morgan fingerprint density at radius 1 is 0.791 bits per heavy atom. The van der Waals surface area contributed by atoms with Crippen LogP contribution in [0.4, 0.5) is 0 Å². The zero-order valence-electron chi connectivity index (χ0n) is 39.7. The molecule has 67 heavy (non-hydrogen) atoms. The Bertz CT molecular complexity index is 1850. The Morgan fingerprint density at radius 2 is 1.45 bits per heavy atom. The normalized spacial score (nSPS) is 19.7. The molecule has 0 aliphatic carbocycles.